The molecule has 6 heteroatoms. The van der Waals surface area contributed by atoms with Crippen LogP contribution >= 0.6 is 0 Å². The first kappa shape index (κ1) is 27.1. The summed E-state index contributed by atoms with van der Waals surface area (Å²) in [4.78, 5) is 26.1. The van der Waals surface area contributed by atoms with E-state index in [-0.39, 0.29) is 49.8 Å². The number of ether oxygens (including phenoxy) is 1. The van der Waals surface area contributed by atoms with E-state index in [1.54, 1.807) is 6.92 Å². The number of Topliss-reactive ketones (excluding diaryl/α,β-unsaturated/α-hetero) is 2. The van der Waals surface area contributed by atoms with E-state index in [9.17, 15) is 9.59 Å². The minimum atomic E-state index is -0.594. The van der Waals surface area contributed by atoms with Crippen LogP contribution < -0.4 is 5.32 Å². The predicted octanol–water partition coefficient (Wildman–Crippen LogP) is 2.95. The number of carbonyl (C=O) groups is 2. The predicted molar refractivity (Wildman–Crippen MR) is 105 cm³/mol. The van der Waals surface area contributed by atoms with Gasteiger partial charge in [-0.05, 0) is 26.8 Å². The molecule has 0 amide bonds. The number of allylic oxidation sites excluding steroid dienone is 2. The zero-order chi connectivity index (χ0) is 20.0. The Morgan fingerprint density at radius 3 is 2.37 bits per heavy atom. The standard InChI is InChI=1S/C15H21N2O3.C4H9.C2H6.Y/c1-10-8-12(18)11(13(10)19)9-17-6-4-15(16-3)5-7-20-14(15,17)2;1-3-4-2;1-2;/h11,16H,4-7,9H2,1-3H3;1,3-4H2,2H3;1-2H3;/q2*-1;;. The van der Waals surface area contributed by atoms with Gasteiger partial charge in [-0.1, -0.05) is 34.1 Å². The summed E-state index contributed by atoms with van der Waals surface area (Å²) in [6.45, 7) is 15.4. The van der Waals surface area contributed by atoms with Crippen molar-refractivity contribution in [3.8, 4) is 0 Å². The summed E-state index contributed by atoms with van der Waals surface area (Å²) >= 11 is 0. The number of hydrogen-bond donors (Lipinski definition) is 1. The van der Waals surface area contributed by atoms with E-state index in [0.717, 1.165) is 25.8 Å². The van der Waals surface area contributed by atoms with Gasteiger partial charge in [0, 0.05) is 57.5 Å². The Kier molecular flexibility index (Phi) is 11.9. The van der Waals surface area contributed by atoms with Gasteiger partial charge >= 0.3 is 0 Å². The minimum Gasteiger partial charge on any atom is -0.406 e. The van der Waals surface area contributed by atoms with Crippen molar-refractivity contribution < 1.29 is 47.0 Å². The molecule has 0 saturated carbocycles. The molecule has 0 spiro atoms. The van der Waals surface area contributed by atoms with Gasteiger partial charge < -0.3 is 26.6 Å². The quantitative estimate of drug-likeness (QED) is 0.524. The largest absolute Gasteiger partial charge is 0.406 e. The zero-order valence-electron chi connectivity index (χ0n) is 18.0. The number of unbranched alkanes of at least 4 members (excludes halogenated alkanes) is 1. The number of hydrogen-bond acceptors (Lipinski definition) is 5. The number of nitrogens with zero attached hydrogens (tertiary/aromatic N) is 1. The molecule has 2 aliphatic heterocycles. The third kappa shape index (κ3) is 5.36. The fraction of sp³-hybridized carbons (Fsp3) is 0.762. The number of nitrogens with one attached hydrogen (secondary N) is 1. The third-order valence-electron chi connectivity index (χ3n) is 5.76. The fourth-order valence-corrected chi connectivity index (χ4v) is 3.93. The van der Waals surface area contributed by atoms with Crippen LogP contribution in [0.5, 0.6) is 0 Å². The molecule has 0 bridgehead atoms. The summed E-state index contributed by atoms with van der Waals surface area (Å²) in [7, 11) is 1.96. The van der Waals surface area contributed by atoms with Crippen LogP contribution in [0.4, 0.5) is 0 Å². The Hall–Kier alpha value is 0.0639. The first-order valence-electron chi connectivity index (χ1n) is 9.91. The Bertz CT molecular complexity index is 536. The monoisotopic (exact) mass is 453 g/mol. The van der Waals surface area contributed by atoms with Gasteiger partial charge in [-0.25, -0.2) is 0 Å². The van der Waals surface area contributed by atoms with Gasteiger partial charge in [0.25, 0.3) is 0 Å². The molecule has 0 aromatic rings. The molecule has 2 heterocycles. The van der Waals surface area contributed by atoms with Crippen LogP contribution in [-0.2, 0) is 47.0 Å². The second-order valence-corrected chi connectivity index (χ2v) is 6.99. The molecule has 0 aromatic carbocycles. The number of ketones is 2. The van der Waals surface area contributed by atoms with Crippen LogP contribution in [0.3, 0.4) is 0 Å². The van der Waals surface area contributed by atoms with Crippen LogP contribution in [-0.4, -0.2) is 54.5 Å². The smallest absolute Gasteiger partial charge is 0.137 e. The second-order valence-electron chi connectivity index (χ2n) is 6.99. The summed E-state index contributed by atoms with van der Waals surface area (Å²) in [5, 5.41) is 3.41. The summed E-state index contributed by atoms with van der Waals surface area (Å²) in [6.07, 6.45) is 6.85. The average molecular weight is 453 g/mol. The SMILES string of the molecule is CC.CNC12CCOC1(C)N(CC1C(=O)[C-]=C(C)C1=O)CC2.[CH2-]CCC.[Y]. The van der Waals surface area contributed by atoms with Crippen LogP contribution in [0.15, 0.2) is 5.57 Å². The number of carbonyl (C=O) groups excluding carboxylic acids is 2. The zero-order valence-corrected chi connectivity index (χ0v) is 20.8. The van der Waals surface area contributed by atoms with E-state index in [1.165, 1.54) is 6.42 Å². The van der Waals surface area contributed by atoms with Crippen molar-refractivity contribution in [1.82, 2.24) is 10.2 Å². The molecular formula is C21H36N2O3Y-2. The van der Waals surface area contributed by atoms with Gasteiger partial charge in [0.2, 0.25) is 0 Å². The molecule has 2 saturated heterocycles. The Morgan fingerprint density at radius 1 is 1.33 bits per heavy atom. The maximum atomic E-state index is 12.0. The molecule has 3 atom stereocenters. The third-order valence-corrected chi connectivity index (χ3v) is 5.76. The molecule has 153 valence electrons. The Morgan fingerprint density at radius 2 is 1.93 bits per heavy atom. The average Bonchev–Trinajstić information content (AvgIpc) is 3.21. The summed E-state index contributed by atoms with van der Waals surface area (Å²) in [6, 6.07) is 0. The number of fused-ring (bicyclic) bond motifs is 1. The van der Waals surface area contributed by atoms with Gasteiger partial charge in [0.05, 0.1) is 17.9 Å². The maximum absolute atomic E-state index is 12.0. The molecule has 1 radical (unpaired) electrons. The van der Waals surface area contributed by atoms with Crippen molar-refractivity contribution in [2.24, 2.45) is 5.92 Å². The topological polar surface area (TPSA) is 58.6 Å². The van der Waals surface area contributed by atoms with Gasteiger partial charge in [-0.15, -0.1) is 0 Å². The molecule has 3 unspecified atom stereocenters. The second kappa shape index (κ2) is 11.9. The summed E-state index contributed by atoms with van der Waals surface area (Å²) in [5.74, 6) is -0.863. The molecule has 3 aliphatic rings. The molecule has 27 heavy (non-hydrogen) atoms. The maximum Gasteiger partial charge on any atom is 0.137 e. The van der Waals surface area contributed by atoms with Gasteiger partial charge in [-0.2, -0.15) is 18.1 Å². The molecular weight excluding hydrogens is 417 g/mol. The molecule has 3 rings (SSSR count). The van der Waals surface area contributed by atoms with E-state index in [4.69, 9.17) is 4.74 Å². The van der Waals surface area contributed by atoms with Crippen molar-refractivity contribution in [3.63, 3.8) is 0 Å². The number of likely N-dealkylation sites (N-methyl/N-ethyl adjacent to an activating group) is 1. The van der Waals surface area contributed by atoms with E-state index in [0.29, 0.717) is 18.7 Å². The van der Waals surface area contributed by atoms with Crippen molar-refractivity contribution in [2.45, 2.75) is 71.6 Å². The Balaban J connectivity index is 0.000000861. The van der Waals surface area contributed by atoms with Crippen LogP contribution in [0.25, 0.3) is 0 Å². The Labute approximate surface area is 190 Å². The normalized spacial score (nSPS) is 32.0. The van der Waals surface area contributed by atoms with E-state index in [2.05, 4.69) is 37.1 Å². The van der Waals surface area contributed by atoms with Crippen LogP contribution in [0.2, 0.25) is 0 Å². The van der Waals surface area contributed by atoms with Crippen molar-refractivity contribution in [2.75, 3.05) is 26.7 Å². The number of likely N-dealkylation sites (tertiary alicyclic amines) is 1. The number of rotatable bonds is 4. The molecule has 5 nitrogen and oxygen atoms in total. The van der Waals surface area contributed by atoms with Crippen LogP contribution in [0.1, 0.15) is 60.3 Å². The summed E-state index contributed by atoms with van der Waals surface area (Å²) in [5.41, 5.74) is -0.0422. The van der Waals surface area contributed by atoms with Gasteiger partial charge in [0.15, 0.2) is 0 Å². The fourth-order valence-electron chi connectivity index (χ4n) is 3.93. The summed E-state index contributed by atoms with van der Waals surface area (Å²) < 4.78 is 5.99. The van der Waals surface area contributed by atoms with E-state index in [1.807, 2.05) is 20.9 Å². The minimum absolute atomic E-state index is 0. The molecule has 1 N–H and O–H groups in total. The molecule has 1 aliphatic carbocycles. The van der Waals surface area contributed by atoms with Crippen LogP contribution in [0, 0.1) is 18.9 Å². The van der Waals surface area contributed by atoms with E-state index >= 15 is 0 Å². The van der Waals surface area contributed by atoms with Crippen molar-refractivity contribution in [3.05, 3.63) is 18.6 Å². The van der Waals surface area contributed by atoms with Gasteiger partial charge in [-0.3, -0.25) is 4.90 Å². The van der Waals surface area contributed by atoms with Gasteiger partial charge in [0.1, 0.15) is 5.72 Å². The first-order valence-corrected chi connectivity index (χ1v) is 9.91. The molecule has 2 fully saturated rings. The van der Waals surface area contributed by atoms with E-state index < -0.39 is 11.6 Å². The van der Waals surface area contributed by atoms with Crippen molar-refractivity contribution in [1.29, 1.82) is 0 Å². The molecule has 0 aromatic heterocycles. The van der Waals surface area contributed by atoms with Crippen molar-refractivity contribution >= 4 is 11.6 Å². The first-order chi connectivity index (χ1) is 12.3.